The predicted octanol–water partition coefficient (Wildman–Crippen LogP) is 6.28. The second-order valence-corrected chi connectivity index (χ2v) is 12.4. The maximum atomic E-state index is 14.0. The van der Waals surface area contributed by atoms with Gasteiger partial charge in [-0.1, -0.05) is 77.2 Å². The van der Waals surface area contributed by atoms with Gasteiger partial charge >= 0.3 is 0 Å². The lowest BCUT2D eigenvalue weighted by Gasteiger charge is -2.33. The number of carbonyl (C=O) groups excluding carboxylic acids is 2. The van der Waals surface area contributed by atoms with E-state index in [9.17, 15) is 18.0 Å². The van der Waals surface area contributed by atoms with Gasteiger partial charge in [0.15, 0.2) is 0 Å². The van der Waals surface area contributed by atoms with Gasteiger partial charge in [-0.3, -0.25) is 13.9 Å². The van der Waals surface area contributed by atoms with E-state index >= 15 is 0 Å². The van der Waals surface area contributed by atoms with Crippen LogP contribution in [0.5, 0.6) is 0 Å². The van der Waals surface area contributed by atoms with E-state index in [2.05, 4.69) is 21.2 Å². The third-order valence-corrected chi connectivity index (χ3v) is 8.92. The second-order valence-electron chi connectivity index (χ2n) is 8.77. The molecule has 0 bridgehead atoms. The van der Waals surface area contributed by atoms with Gasteiger partial charge in [-0.05, 0) is 66.9 Å². The molecular formula is C28H30BrCl2N3O4S. The lowest BCUT2D eigenvalue weighted by molar-refractivity contribution is -0.140. The Labute approximate surface area is 248 Å². The van der Waals surface area contributed by atoms with Crippen LogP contribution < -0.4 is 9.62 Å². The van der Waals surface area contributed by atoms with E-state index in [4.69, 9.17) is 23.2 Å². The highest BCUT2D eigenvalue weighted by molar-refractivity contribution is 9.10. The fourth-order valence-corrected chi connectivity index (χ4v) is 6.14. The van der Waals surface area contributed by atoms with Crippen molar-refractivity contribution in [2.24, 2.45) is 0 Å². The van der Waals surface area contributed by atoms with Crippen LogP contribution in [0.15, 0.2) is 82.2 Å². The van der Waals surface area contributed by atoms with Crippen LogP contribution in [0, 0.1) is 0 Å². The molecule has 0 fully saturated rings. The molecule has 0 unspecified atom stereocenters. The molecule has 208 valence electrons. The zero-order valence-corrected chi connectivity index (χ0v) is 25.5. The van der Waals surface area contributed by atoms with E-state index in [1.807, 2.05) is 6.92 Å². The molecule has 0 spiro atoms. The Hall–Kier alpha value is -2.59. The molecule has 3 aromatic carbocycles. The average molecular weight is 655 g/mol. The summed E-state index contributed by atoms with van der Waals surface area (Å²) in [6.07, 6.45) is 1.04. The number of benzene rings is 3. The van der Waals surface area contributed by atoms with Crippen LogP contribution in [-0.2, 0) is 26.2 Å². The van der Waals surface area contributed by atoms with Crippen LogP contribution in [0.2, 0.25) is 10.0 Å². The van der Waals surface area contributed by atoms with E-state index in [0.717, 1.165) is 15.2 Å². The van der Waals surface area contributed by atoms with Crippen molar-refractivity contribution in [1.82, 2.24) is 10.2 Å². The summed E-state index contributed by atoms with van der Waals surface area (Å²) in [5, 5.41) is 3.63. The molecule has 0 aromatic heterocycles. The number of nitrogens with zero attached hydrogens (tertiary/aromatic N) is 2. The van der Waals surface area contributed by atoms with Crippen molar-refractivity contribution in [1.29, 1.82) is 0 Å². The van der Waals surface area contributed by atoms with Crippen LogP contribution in [0.25, 0.3) is 0 Å². The lowest BCUT2D eigenvalue weighted by atomic mass is 10.1. The Kier molecular flexibility index (Phi) is 11.2. The maximum Gasteiger partial charge on any atom is 0.264 e. The first-order valence-corrected chi connectivity index (χ1v) is 15.4. The topological polar surface area (TPSA) is 86.8 Å². The zero-order valence-electron chi connectivity index (χ0n) is 21.6. The third kappa shape index (κ3) is 7.97. The van der Waals surface area contributed by atoms with Gasteiger partial charge in [0.2, 0.25) is 11.8 Å². The van der Waals surface area contributed by atoms with E-state index < -0.39 is 28.5 Å². The van der Waals surface area contributed by atoms with Gasteiger partial charge < -0.3 is 10.2 Å². The Bertz CT molecular complexity index is 1390. The fourth-order valence-electron chi connectivity index (χ4n) is 3.97. The van der Waals surface area contributed by atoms with Gasteiger partial charge in [-0.2, -0.15) is 0 Å². The minimum atomic E-state index is -4.12. The number of sulfonamides is 1. The van der Waals surface area contributed by atoms with Crippen molar-refractivity contribution < 1.29 is 18.0 Å². The SMILES string of the molecule is CCCNC(=O)[C@@H](CC)N(Cc1ccc(Cl)cc1Cl)C(=O)CN(c1ccc(Br)cc1)S(=O)(=O)c1ccccc1. The molecular weight excluding hydrogens is 625 g/mol. The van der Waals surface area contributed by atoms with Gasteiger partial charge in [0.05, 0.1) is 10.6 Å². The van der Waals surface area contributed by atoms with Crippen LogP contribution >= 0.6 is 39.1 Å². The summed E-state index contributed by atoms with van der Waals surface area (Å²) < 4.78 is 29.4. The summed E-state index contributed by atoms with van der Waals surface area (Å²) in [4.78, 5) is 28.5. The largest absolute Gasteiger partial charge is 0.354 e. The molecule has 1 N–H and O–H groups in total. The molecule has 0 saturated heterocycles. The molecule has 0 heterocycles. The Morgan fingerprint density at radius 2 is 1.64 bits per heavy atom. The fraction of sp³-hybridized carbons (Fsp3) is 0.286. The summed E-state index contributed by atoms with van der Waals surface area (Å²) >= 11 is 15.9. The summed E-state index contributed by atoms with van der Waals surface area (Å²) in [7, 11) is -4.12. The van der Waals surface area contributed by atoms with Crippen LogP contribution in [0.4, 0.5) is 5.69 Å². The number of amides is 2. The minimum absolute atomic E-state index is 0.00749. The highest BCUT2D eigenvalue weighted by Crippen LogP contribution is 2.27. The van der Waals surface area contributed by atoms with Crippen molar-refractivity contribution in [2.45, 2.75) is 44.2 Å². The standard InChI is InChI=1S/C28H30BrCl2N3O4S/c1-3-16-32-28(36)26(4-2)33(18-20-10-13-22(30)17-25(20)31)27(35)19-34(23-14-11-21(29)12-15-23)39(37,38)24-8-6-5-7-9-24/h5-15,17,26H,3-4,16,18-19H2,1-2H3,(H,32,36)/t26-/m1/s1. The molecule has 0 radical (unpaired) electrons. The first-order valence-electron chi connectivity index (χ1n) is 12.4. The number of rotatable bonds is 12. The molecule has 2 amide bonds. The van der Waals surface area contributed by atoms with Gasteiger partial charge in [-0.15, -0.1) is 0 Å². The van der Waals surface area contributed by atoms with Gasteiger partial charge in [0.25, 0.3) is 10.0 Å². The molecule has 39 heavy (non-hydrogen) atoms. The van der Waals surface area contributed by atoms with Gasteiger partial charge in [-0.25, -0.2) is 8.42 Å². The molecule has 0 aliphatic carbocycles. The lowest BCUT2D eigenvalue weighted by Crippen LogP contribution is -2.52. The minimum Gasteiger partial charge on any atom is -0.354 e. The monoisotopic (exact) mass is 653 g/mol. The smallest absolute Gasteiger partial charge is 0.264 e. The highest BCUT2D eigenvalue weighted by atomic mass is 79.9. The summed E-state index contributed by atoms with van der Waals surface area (Å²) in [6, 6.07) is 18.6. The summed E-state index contributed by atoms with van der Waals surface area (Å²) in [5.74, 6) is -0.874. The van der Waals surface area contributed by atoms with Gasteiger partial charge in [0.1, 0.15) is 12.6 Å². The molecule has 1 atom stereocenters. The second kappa shape index (κ2) is 14.2. The zero-order chi connectivity index (χ0) is 28.6. The van der Waals surface area contributed by atoms with E-state index in [1.165, 1.54) is 17.0 Å². The Morgan fingerprint density at radius 1 is 0.974 bits per heavy atom. The predicted molar refractivity (Wildman–Crippen MR) is 160 cm³/mol. The average Bonchev–Trinajstić information content (AvgIpc) is 2.92. The van der Waals surface area contributed by atoms with Crippen molar-refractivity contribution in [3.8, 4) is 0 Å². The molecule has 0 saturated carbocycles. The maximum absolute atomic E-state index is 14.0. The Morgan fingerprint density at radius 3 is 2.23 bits per heavy atom. The number of hydrogen-bond donors (Lipinski definition) is 1. The first-order chi connectivity index (χ1) is 18.6. The summed E-state index contributed by atoms with van der Waals surface area (Å²) in [6.45, 7) is 3.65. The van der Waals surface area contributed by atoms with Crippen molar-refractivity contribution in [3.05, 3.63) is 92.9 Å². The van der Waals surface area contributed by atoms with E-state index in [0.29, 0.717) is 34.3 Å². The van der Waals surface area contributed by atoms with Crippen LogP contribution in [0.3, 0.4) is 0 Å². The highest BCUT2D eigenvalue weighted by Gasteiger charge is 2.33. The molecule has 0 aliphatic rings. The normalized spacial score (nSPS) is 12.0. The van der Waals surface area contributed by atoms with E-state index in [1.54, 1.807) is 67.6 Å². The molecule has 3 rings (SSSR count). The van der Waals surface area contributed by atoms with Crippen LogP contribution in [-0.4, -0.2) is 44.3 Å². The first kappa shape index (κ1) is 30.9. The van der Waals surface area contributed by atoms with Gasteiger partial charge in [0, 0.05) is 27.6 Å². The van der Waals surface area contributed by atoms with Crippen molar-refractivity contribution >= 4 is 66.7 Å². The number of carbonyl (C=O) groups is 2. The molecule has 7 nitrogen and oxygen atoms in total. The number of nitrogens with one attached hydrogen (secondary N) is 1. The number of anilines is 1. The number of halogens is 3. The molecule has 3 aromatic rings. The summed E-state index contributed by atoms with van der Waals surface area (Å²) in [5.41, 5.74) is 0.889. The van der Waals surface area contributed by atoms with Crippen molar-refractivity contribution in [3.63, 3.8) is 0 Å². The van der Waals surface area contributed by atoms with E-state index in [-0.39, 0.29) is 17.3 Å². The third-order valence-electron chi connectivity index (χ3n) is 6.02. The van der Waals surface area contributed by atoms with Crippen molar-refractivity contribution in [2.75, 3.05) is 17.4 Å². The Balaban J connectivity index is 2.05. The molecule has 0 aliphatic heterocycles. The van der Waals surface area contributed by atoms with Crippen LogP contribution in [0.1, 0.15) is 32.3 Å². The molecule has 11 heteroatoms. The quantitative estimate of drug-likeness (QED) is 0.249. The number of hydrogen-bond acceptors (Lipinski definition) is 4.